The topological polar surface area (TPSA) is 4.93 Å². The molecule has 2 aliphatic rings. The maximum Gasteiger partial charge on any atom is 0.0541 e. The van der Waals surface area contributed by atoms with Gasteiger partial charge in [0.15, 0.2) is 0 Å². The molecule has 0 saturated carbocycles. The van der Waals surface area contributed by atoms with Gasteiger partial charge in [0.25, 0.3) is 0 Å². The molecule has 8 aromatic carbocycles. The van der Waals surface area contributed by atoms with Crippen molar-refractivity contribution in [3.63, 3.8) is 0 Å². The van der Waals surface area contributed by atoms with Crippen LogP contribution in [-0.4, -0.2) is 4.57 Å². The number of nitrogens with zero attached hydrogens (tertiary/aromatic N) is 1. The van der Waals surface area contributed by atoms with E-state index in [1.54, 1.807) is 0 Å². The summed E-state index contributed by atoms with van der Waals surface area (Å²) >= 11 is 0. The van der Waals surface area contributed by atoms with E-state index in [0.717, 1.165) is 0 Å². The average Bonchev–Trinajstić information content (AvgIpc) is 3.75. The van der Waals surface area contributed by atoms with Crippen LogP contribution in [0.3, 0.4) is 0 Å². The van der Waals surface area contributed by atoms with Crippen LogP contribution in [0, 0.1) is 0 Å². The zero-order chi connectivity index (χ0) is 33.1. The lowest BCUT2D eigenvalue weighted by Gasteiger charge is -2.22. The van der Waals surface area contributed by atoms with Crippen LogP contribution in [0.25, 0.3) is 93.9 Å². The van der Waals surface area contributed by atoms with Crippen LogP contribution in [-0.2, 0) is 5.41 Å². The van der Waals surface area contributed by atoms with Gasteiger partial charge in [0, 0.05) is 21.9 Å². The van der Waals surface area contributed by atoms with Crippen molar-refractivity contribution >= 4 is 32.6 Å². The molecule has 0 N–H and O–H groups in total. The van der Waals surface area contributed by atoms with E-state index in [2.05, 4.69) is 182 Å². The number of hydrogen-bond acceptors (Lipinski definition) is 0. The van der Waals surface area contributed by atoms with Gasteiger partial charge >= 0.3 is 0 Å². The minimum Gasteiger partial charge on any atom is -0.309 e. The minimum absolute atomic E-state index is 0.0216. The summed E-state index contributed by atoms with van der Waals surface area (Å²) < 4.78 is 2.42. The fourth-order valence-electron chi connectivity index (χ4n) is 9.10. The Hall–Kier alpha value is -6.18. The number of benzene rings is 8. The van der Waals surface area contributed by atoms with Gasteiger partial charge in [-0.3, -0.25) is 0 Å². The summed E-state index contributed by atoms with van der Waals surface area (Å²) in [4.78, 5) is 0. The maximum atomic E-state index is 2.42. The number of aromatic nitrogens is 1. The molecule has 2 aliphatic carbocycles. The first-order valence-corrected chi connectivity index (χ1v) is 17.6. The highest BCUT2D eigenvalue weighted by molar-refractivity contribution is 6.16. The molecule has 0 saturated heterocycles. The Balaban J connectivity index is 1.01. The van der Waals surface area contributed by atoms with E-state index in [1.807, 2.05) is 0 Å². The van der Waals surface area contributed by atoms with Crippen molar-refractivity contribution in [2.24, 2.45) is 0 Å². The minimum atomic E-state index is -0.0216. The smallest absolute Gasteiger partial charge is 0.0541 e. The molecule has 0 radical (unpaired) electrons. The summed E-state index contributed by atoms with van der Waals surface area (Å²) in [7, 11) is 0. The monoisotopic (exact) mass is 635 g/mol. The predicted octanol–water partition coefficient (Wildman–Crippen LogP) is 13.2. The van der Waals surface area contributed by atoms with Crippen LogP contribution in [0.4, 0.5) is 0 Å². The maximum absolute atomic E-state index is 2.42. The Morgan fingerprint density at radius 3 is 1.88 bits per heavy atom. The lowest BCUT2D eigenvalue weighted by atomic mass is 9.81. The third-order valence-electron chi connectivity index (χ3n) is 11.5. The van der Waals surface area contributed by atoms with E-state index in [0.29, 0.717) is 0 Å². The van der Waals surface area contributed by atoms with Gasteiger partial charge in [-0.1, -0.05) is 129 Å². The van der Waals surface area contributed by atoms with Crippen molar-refractivity contribution in [3.8, 4) is 61.3 Å². The van der Waals surface area contributed by atoms with Crippen molar-refractivity contribution < 1.29 is 0 Å². The average molecular weight is 636 g/mol. The van der Waals surface area contributed by atoms with E-state index >= 15 is 0 Å². The highest BCUT2D eigenvalue weighted by Gasteiger charge is 2.35. The van der Waals surface area contributed by atoms with Gasteiger partial charge in [0.05, 0.1) is 11.0 Å². The molecule has 1 aromatic heterocycles. The summed E-state index contributed by atoms with van der Waals surface area (Å²) in [5, 5.41) is 5.21. The van der Waals surface area contributed by atoms with E-state index < -0.39 is 0 Å². The van der Waals surface area contributed by atoms with Crippen molar-refractivity contribution in [2.45, 2.75) is 19.3 Å². The zero-order valence-corrected chi connectivity index (χ0v) is 28.0. The van der Waals surface area contributed by atoms with Gasteiger partial charge in [-0.05, 0) is 126 Å². The number of rotatable bonds is 3. The van der Waals surface area contributed by atoms with Crippen molar-refractivity contribution in [3.05, 3.63) is 175 Å². The molecule has 1 heteroatoms. The van der Waals surface area contributed by atoms with Gasteiger partial charge in [-0.2, -0.15) is 0 Å². The standard InChI is InChI=1S/C49H33N/c1-49(2)44-16-7-5-13-38(44)39-24-20-32(29-45(39)49)31-21-25-47-42(27-31)40-14-6-8-17-46(40)50(47)35-22-18-30(19-23-35)34-26-33-10-9-15-41-36-11-3-4-12-37(36)43(28-34)48(33)41/h3-29H,1-2H3. The first-order chi connectivity index (χ1) is 24.5. The van der Waals surface area contributed by atoms with E-state index in [4.69, 9.17) is 0 Å². The second-order valence-corrected chi connectivity index (χ2v) is 14.5. The molecular weight excluding hydrogens is 603 g/mol. The van der Waals surface area contributed by atoms with Crippen molar-refractivity contribution in [2.75, 3.05) is 0 Å². The largest absolute Gasteiger partial charge is 0.309 e. The highest BCUT2D eigenvalue weighted by Crippen LogP contribution is 2.50. The third-order valence-corrected chi connectivity index (χ3v) is 11.5. The Labute approximate surface area is 291 Å². The van der Waals surface area contributed by atoms with Crippen LogP contribution < -0.4 is 0 Å². The van der Waals surface area contributed by atoms with E-state index in [1.165, 1.54) is 105 Å². The van der Waals surface area contributed by atoms with Gasteiger partial charge < -0.3 is 4.57 Å². The summed E-state index contributed by atoms with van der Waals surface area (Å²) in [5.41, 5.74) is 19.5. The SMILES string of the molecule is CC1(C)c2ccccc2-c2ccc(-c3ccc4c(c3)c3ccccc3n4-c3ccc(-c4cc5c6c(cccc6c4)-c4ccccc4-5)cc3)cc21. The summed E-state index contributed by atoms with van der Waals surface area (Å²) in [5.74, 6) is 0. The molecule has 0 amide bonds. The van der Waals surface area contributed by atoms with Crippen LogP contribution in [0.5, 0.6) is 0 Å². The fraction of sp³-hybridized carbons (Fsp3) is 0.0612. The van der Waals surface area contributed by atoms with Crippen LogP contribution in [0.15, 0.2) is 164 Å². The Kier molecular flexibility index (Phi) is 5.51. The predicted molar refractivity (Wildman–Crippen MR) is 211 cm³/mol. The molecule has 0 unspecified atom stereocenters. The summed E-state index contributed by atoms with van der Waals surface area (Å²) in [6.07, 6.45) is 0. The van der Waals surface area contributed by atoms with Gasteiger partial charge in [0.1, 0.15) is 0 Å². The van der Waals surface area contributed by atoms with Crippen molar-refractivity contribution in [1.29, 1.82) is 0 Å². The summed E-state index contributed by atoms with van der Waals surface area (Å²) in [6, 6.07) is 61.1. The third kappa shape index (κ3) is 3.72. The molecule has 234 valence electrons. The number of fused-ring (bicyclic) bond motifs is 9. The van der Waals surface area contributed by atoms with Gasteiger partial charge in [0.2, 0.25) is 0 Å². The second kappa shape index (κ2) is 9.94. The first kappa shape index (κ1) is 27.7. The van der Waals surface area contributed by atoms with Crippen molar-refractivity contribution in [1.82, 2.24) is 4.57 Å². The summed E-state index contributed by atoms with van der Waals surface area (Å²) in [6.45, 7) is 4.71. The van der Waals surface area contributed by atoms with Crippen LogP contribution >= 0.6 is 0 Å². The van der Waals surface area contributed by atoms with Gasteiger partial charge in [-0.25, -0.2) is 0 Å². The Morgan fingerprint density at radius 1 is 0.380 bits per heavy atom. The molecule has 1 heterocycles. The number of para-hydroxylation sites is 1. The Morgan fingerprint density at radius 2 is 1.02 bits per heavy atom. The molecule has 50 heavy (non-hydrogen) atoms. The molecule has 0 aliphatic heterocycles. The molecule has 9 aromatic rings. The Bertz CT molecular complexity index is 2880. The molecule has 0 bridgehead atoms. The quantitative estimate of drug-likeness (QED) is 0.182. The molecule has 1 nitrogen and oxygen atoms in total. The van der Waals surface area contributed by atoms with Crippen LogP contribution in [0.1, 0.15) is 25.0 Å². The molecule has 0 fully saturated rings. The fourth-order valence-corrected chi connectivity index (χ4v) is 9.10. The zero-order valence-electron chi connectivity index (χ0n) is 28.0. The van der Waals surface area contributed by atoms with Gasteiger partial charge in [-0.15, -0.1) is 0 Å². The lowest BCUT2D eigenvalue weighted by molar-refractivity contribution is 0.660. The first-order valence-electron chi connectivity index (χ1n) is 17.6. The van der Waals surface area contributed by atoms with Crippen LogP contribution in [0.2, 0.25) is 0 Å². The lowest BCUT2D eigenvalue weighted by Crippen LogP contribution is -2.14. The molecule has 0 spiro atoms. The molecule has 11 rings (SSSR count). The molecule has 0 atom stereocenters. The normalized spacial score (nSPS) is 13.6. The van der Waals surface area contributed by atoms with E-state index in [-0.39, 0.29) is 5.41 Å². The highest BCUT2D eigenvalue weighted by atomic mass is 15.0. The second-order valence-electron chi connectivity index (χ2n) is 14.5. The van der Waals surface area contributed by atoms with E-state index in [9.17, 15) is 0 Å². The number of hydrogen-bond donors (Lipinski definition) is 0. The molecular formula is C49H33N.